The fourth-order valence-electron chi connectivity index (χ4n) is 4.55. The minimum Gasteiger partial charge on any atom is -0.449 e. The molecule has 1 saturated carbocycles. The summed E-state index contributed by atoms with van der Waals surface area (Å²) in [5.41, 5.74) is 0. The second kappa shape index (κ2) is 6.00. The molecule has 1 unspecified atom stereocenters. The summed E-state index contributed by atoms with van der Waals surface area (Å²) in [5.74, 6) is 2.19. The van der Waals surface area contributed by atoms with E-state index in [0.717, 1.165) is 0 Å². The molecule has 3 aliphatic carbocycles. The fourth-order valence-corrected chi connectivity index (χ4v) is 4.55. The van der Waals surface area contributed by atoms with Crippen LogP contribution in [0, 0.1) is 29.6 Å². The van der Waals surface area contributed by atoms with Crippen molar-refractivity contribution in [2.24, 2.45) is 29.6 Å². The van der Waals surface area contributed by atoms with Gasteiger partial charge in [0.2, 0.25) is 0 Å². The van der Waals surface area contributed by atoms with Gasteiger partial charge in [0.15, 0.2) is 0 Å². The Morgan fingerprint density at radius 1 is 1.00 bits per heavy atom. The maximum absolute atomic E-state index is 12.2. The Kier molecular flexibility index (Phi) is 3.85. The zero-order chi connectivity index (χ0) is 15.8. The smallest absolute Gasteiger partial charge is 0.409 e. The molecule has 1 amide bonds. The van der Waals surface area contributed by atoms with Crippen LogP contribution >= 0.6 is 0 Å². The van der Waals surface area contributed by atoms with Crippen molar-refractivity contribution in [3.05, 3.63) is 48.6 Å². The minimum absolute atomic E-state index is 0.285. The van der Waals surface area contributed by atoms with Crippen LogP contribution < -0.4 is 0 Å². The van der Waals surface area contributed by atoms with Gasteiger partial charge in [0.05, 0.1) is 12.7 Å². The van der Waals surface area contributed by atoms with E-state index in [2.05, 4.69) is 48.6 Å². The standard InChI is InChI=1S/C19H23NO3/c21-13-9-10-20(11-13)19(22)23-12-18-16-7-3-1-5-14(16)15-6-2-4-8-17(15)18/h1-8,13-18,21H,9-12H2/t13-,14-,15+,16-,17+,18?/m0/s1. The first-order valence-electron chi connectivity index (χ1n) is 8.54. The lowest BCUT2D eigenvalue weighted by atomic mass is 9.83. The van der Waals surface area contributed by atoms with E-state index in [1.54, 1.807) is 4.90 Å². The van der Waals surface area contributed by atoms with E-state index in [9.17, 15) is 9.90 Å². The number of hydrogen-bond donors (Lipinski definition) is 1. The Morgan fingerprint density at radius 2 is 1.57 bits per heavy atom. The highest BCUT2D eigenvalue weighted by Crippen LogP contribution is 2.51. The predicted octanol–water partition coefficient (Wildman–Crippen LogP) is 2.54. The molecule has 6 atom stereocenters. The van der Waals surface area contributed by atoms with Gasteiger partial charge in [-0.15, -0.1) is 0 Å². The Bertz CT molecular complexity index is 557. The van der Waals surface area contributed by atoms with Gasteiger partial charge in [-0.1, -0.05) is 48.6 Å². The van der Waals surface area contributed by atoms with Gasteiger partial charge in [0, 0.05) is 19.0 Å². The molecule has 4 nitrogen and oxygen atoms in total. The van der Waals surface area contributed by atoms with E-state index in [1.807, 2.05) is 0 Å². The molecule has 4 rings (SSSR count). The number of ether oxygens (including phenoxy) is 1. The lowest BCUT2D eigenvalue weighted by molar-refractivity contribution is 0.0789. The number of aliphatic hydroxyl groups excluding tert-OH is 1. The van der Waals surface area contributed by atoms with Gasteiger partial charge >= 0.3 is 6.09 Å². The van der Waals surface area contributed by atoms with Gasteiger partial charge in [0.1, 0.15) is 0 Å². The molecule has 1 heterocycles. The van der Waals surface area contributed by atoms with E-state index in [4.69, 9.17) is 4.74 Å². The summed E-state index contributed by atoms with van der Waals surface area (Å²) < 4.78 is 5.62. The van der Waals surface area contributed by atoms with Crippen LogP contribution in [0.5, 0.6) is 0 Å². The molecule has 1 aliphatic heterocycles. The number of allylic oxidation sites excluding steroid dienone is 8. The third kappa shape index (κ3) is 2.65. The van der Waals surface area contributed by atoms with E-state index in [-0.39, 0.29) is 6.09 Å². The third-order valence-electron chi connectivity index (χ3n) is 5.70. The Morgan fingerprint density at radius 3 is 2.09 bits per heavy atom. The van der Waals surface area contributed by atoms with Crippen LogP contribution in [0.2, 0.25) is 0 Å². The second-order valence-electron chi connectivity index (χ2n) is 6.98. The van der Waals surface area contributed by atoms with Crippen LogP contribution in [0.25, 0.3) is 0 Å². The van der Waals surface area contributed by atoms with Crippen LogP contribution in [0.3, 0.4) is 0 Å². The van der Waals surface area contributed by atoms with Crippen LogP contribution in [0.1, 0.15) is 6.42 Å². The second-order valence-corrected chi connectivity index (χ2v) is 6.98. The predicted molar refractivity (Wildman–Crippen MR) is 87.6 cm³/mol. The van der Waals surface area contributed by atoms with Gasteiger partial charge in [0.25, 0.3) is 0 Å². The quantitative estimate of drug-likeness (QED) is 0.852. The molecule has 0 aromatic carbocycles. The van der Waals surface area contributed by atoms with Crippen molar-refractivity contribution in [2.45, 2.75) is 12.5 Å². The van der Waals surface area contributed by atoms with Gasteiger partial charge in [-0.2, -0.15) is 0 Å². The summed E-state index contributed by atoms with van der Waals surface area (Å²) in [4.78, 5) is 13.8. The molecular weight excluding hydrogens is 290 g/mol. The highest BCUT2D eigenvalue weighted by molar-refractivity contribution is 5.68. The molecule has 4 heteroatoms. The molecule has 1 saturated heterocycles. The number of carbonyl (C=O) groups is 1. The topological polar surface area (TPSA) is 49.8 Å². The Hall–Kier alpha value is -1.81. The molecule has 23 heavy (non-hydrogen) atoms. The molecule has 0 aromatic rings. The maximum Gasteiger partial charge on any atom is 0.409 e. The van der Waals surface area contributed by atoms with Crippen LogP contribution in [-0.2, 0) is 4.74 Å². The SMILES string of the molecule is O=C(OCC1[C@H]2C=CC=C[C@H]2[C@H]2C=CC=C[C@@H]12)N1CC[C@H](O)C1. The van der Waals surface area contributed by atoms with Crippen molar-refractivity contribution < 1.29 is 14.6 Å². The van der Waals surface area contributed by atoms with Gasteiger partial charge in [-0.05, 0) is 30.1 Å². The van der Waals surface area contributed by atoms with Crippen molar-refractivity contribution in [1.82, 2.24) is 4.90 Å². The van der Waals surface area contributed by atoms with Crippen molar-refractivity contribution >= 4 is 6.09 Å². The van der Waals surface area contributed by atoms with Crippen LogP contribution in [0.15, 0.2) is 48.6 Å². The van der Waals surface area contributed by atoms with Gasteiger partial charge in [-0.25, -0.2) is 4.79 Å². The summed E-state index contributed by atoms with van der Waals surface area (Å²) in [7, 11) is 0. The molecule has 122 valence electrons. The molecule has 0 bridgehead atoms. The molecule has 0 spiro atoms. The first-order valence-corrected chi connectivity index (χ1v) is 8.54. The first kappa shape index (κ1) is 14.8. The largest absolute Gasteiger partial charge is 0.449 e. The normalized spacial score (nSPS) is 40.3. The lowest BCUT2D eigenvalue weighted by Crippen LogP contribution is -2.33. The molecule has 0 aromatic heterocycles. The average molecular weight is 313 g/mol. The number of hydrogen-bond acceptors (Lipinski definition) is 3. The van der Waals surface area contributed by atoms with Crippen molar-refractivity contribution in [1.29, 1.82) is 0 Å². The van der Waals surface area contributed by atoms with E-state index >= 15 is 0 Å². The number of rotatable bonds is 2. The lowest BCUT2D eigenvalue weighted by Gasteiger charge is -2.25. The number of likely N-dealkylation sites (tertiary alicyclic amines) is 1. The number of amides is 1. The molecular formula is C19H23NO3. The first-order chi connectivity index (χ1) is 11.2. The van der Waals surface area contributed by atoms with Crippen LogP contribution in [-0.4, -0.2) is 41.9 Å². The number of fused-ring (bicyclic) bond motifs is 3. The summed E-state index contributed by atoms with van der Waals surface area (Å²) in [5, 5.41) is 9.55. The highest BCUT2D eigenvalue weighted by Gasteiger charge is 2.47. The van der Waals surface area contributed by atoms with E-state index in [1.165, 1.54) is 0 Å². The van der Waals surface area contributed by atoms with Crippen LogP contribution in [0.4, 0.5) is 4.79 Å². The molecule has 1 N–H and O–H groups in total. The Labute approximate surface area is 136 Å². The fraction of sp³-hybridized carbons (Fsp3) is 0.526. The van der Waals surface area contributed by atoms with Crippen molar-refractivity contribution in [3.8, 4) is 0 Å². The number of nitrogens with zero attached hydrogens (tertiary/aromatic N) is 1. The summed E-state index contributed by atoms with van der Waals surface area (Å²) in [6, 6.07) is 0. The average Bonchev–Trinajstić information content (AvgIpc) is 3.15. The zero-order valence-electron chi connectivity index (χ0n) is 13.1. The summed E-state index contributed by atoms with van der Waals surface area (Å²) in [6.07, 6.45) is 17.6. The zero-order valence-corrected chi connectivity index (χ0v) is 13.1. The van der Waals surface area contributed by atoms with E-state index < -0.39 is 6.10 Å². The van der Waals surface area contributed by atoms with Crippen molar-refractivity contribution in [3.63, 3.8) is 0 Å². The molecule has 2 fully saturated rings. The highest BCUT2D eigenvalue weighted by atomic mass is 16.6. The number of carbonyl (C=O) groups excluding carboxylic acids is 1. The summed E-state index contributed by atoms with van der Waals surface area (Å²) in [6.45, 7) is 1.44. The minimum atomic E-state index is -0.402. The Balaban J connectivity index is 1.44. The summed E-state index contributed by atoms with van der Waals surface area (Å²) >= 11 is 0. The molecule has 4 aliphatic rings. The van der Waals surface area contributed by atoms with Gasteiger partial charge < -0.3 is 14.7 Å². The maximum atomic E-state index is 12.2. The third-order valence-corrected chi connectivity index (χ3v) is 5.70. The molecule has 0 radical (unpaired) electrons. The van der Waals surface area contributed by atoms with Crippen molar-refractivity contribution in [2.75, 3.05) is 19.7 Å². The number of aliphatic hydroxyl groups is 1. The number of β-amino-alcohol motifs (C(OH)–C–C–N with tert-alkyl or cyclic N) is 1. The van der Waals surface area contributed by atoms with Gasteiger partial charge in [-0.3, -0.25) is 0 Å². The monoisotopic (exact) mass is 313 g/mol. The van der Waals surface area contributed by atoms with E-state index in [0.29, 0.717) is 55.7 Å².